The van der Waals surface area contributed by atoms with Crippen molar-refractivity contribution < 1.29 is 23.6 Å². The molecule has 0 unspecified atom stereocenters. The minimum Gasteiger partial charge on any atom is -0.350 e. The quantitative estimate of drug-likeness (QED) is 0.366. The minimum atomic E-state index is -1.01. The summed E-state index contributed by atoms with van der Waals surface area (Å²) >= 11 is 0. The molecule has 32 heavy (non-hydrogen) atoms. The van der Waals surface area contributed by atoms with Gasteiger partial charge in [-0.3, -0.25) is 19.2 Å². The van der Waals surface area contributed by atoms with E-state index in [-0.39, 0.29) is 31.1 Å². The largest absolute Gasteiger partial charge is 0.350 e. The lowest BCUT2D eigenvalue weighted by Crippen LogP contribution is -2.54. The summed E-state index contributed by atoms with van der Waals surface area (Å²) in [4.78, 5) is 48.9. The first kappa shape index (κ1) is 25.2. The molecule has 1 aromatic rings. The van der Waals surface area contributed by atoms with Crippen LogP contribution in [0.5, 0.6) is 0 Å². The van der Waals surface area contributed by atoms with Gasteiger partial charge in [0.15, 0.2) is 5.78 Å². The second-order valence-electron chi connectivity index (χ2n) is 8.19. The Hall–Kier alpha value is -3.10. The van der Waals surface area contributed by atoms with E-state index >= 15 is 0 Å². The molecular formula is C23H31FN4O4. The molecule has 1 saturated carbocycles. The molecule has 0 heterocycles. The Morgan fingerprint density at radius 3 is 2.31 bits per heavy atom. The Morgan fingerprint density at radius 1 is 1.06 bits per heavy atom. The normalized spacial score (nSPS) is 15.4. The number of hydrogen-bond donors (Lipinski definition) is 4. The van der Waals surface area contributed by atoms with Gasteiger partial charge >= 0.3 is 0 Å². The monoisotopic (exact) mass is 446 g/mol. The van der Waals surface area contributed by atoms with Crippen LogP contribution >= 0.6 is 0 Å². The molecule has 3 amide bonds. The summed E-state index contributed by atoms with van der Waals surface area (Å²) in [6.45, 7) is 1.46. The van der Waals surface area contributed by atoms with Gasteiger partial charge < -0.3 is 21.4 Å². The van der Waals surface area contributed by atoms with Crippen molar-refractivity contribution in [3.63, 3.8) is 0 Å². The maximum atomic E-state index is 13.1. The highest BCUT2D eigenvalue weighted by atomic mass is 19.1. The Balaban J connectivity index is 2.04. The molecule has 2 rings (SSSR count). The van der Waals surface area contributed by atoms with Gasteiger partial charge in [-0.05, 0) is 36.5 Å². The number of carbonyl (C=O) groups is 4. The van der Waals surface area contributed by atoms with Gasteiger partial charge in [0, 0.05) is 19.9 Å². The van der Waals surface area contributed by atoms with Gasteiger partial charge in [-0.25, -0.2) is 4.39 Å². The van der Waals surface area contributed by atoms with Crippen molar-refractivity contribution in [3.05, 3.63) is 35.6 Å². The van der Waals surface area contributed by atoms with Crippen LogP contribution in [-0.4, -0.2) is 41.8 Å². The van der Waals surface area contributed by atoms with Crippen LogP contribution in [0, 0.1) is 17.1 Å². The van der Waals surface area contributed by atoms with Crippen LogP contribution in [0.4, 0.5) is 4.39 Å². The SMILES string of the molecule is CC(=O)N[C@@H](CC1CCCC1)C(=O)N[C@@H](CCC(=O)C=N)C(=O)NCc1ccc(F)cc1. The summed E-state index contributed by atoms with van der Waals surface area (Å²) in [6.07, 6.45) is 5.30. The van der Waals surface area contributed by atoms with E-state index in [0.29, 0.717) is 24.1 Å². The van der Waals surface area contributed by atoms with Gasteiger partial charge in [0.1, 0.15) is 17.9 Å². The number of rotatable bonds is 12. The van der Waals surface area contributed by atoms with E-state index in [9.17, 15) is 23.6 Å². The third-order valence-electron chi connectivity index (χ3n) is 5.59. The number of ketones is 1. The maximum absolute atomic E-state index is 13.1. The fourth-order valence-corrected chi connectivity index (χ4v) is 3.87. The van der Waals surface area contributed by atoms with Gasteiger partial charge in [0.2, 0.25) is 17.7 Å². The molecule has 174 valence electrons. The molecule has 9 heteroatoms. The van der Waals surface area contributed by atoms with E-state index in [2.05, 4.69) is 16.0 Å². The zero-order valence-corrected chi connectivity index (χ0v) is 18.3. The summed E-state index contributed by atoms with van der Waals surface area (Å²) in [7, 11) is 0. The van der Waals surface area contributed by atoms with E-state index in [1.807, 2.05) is 0 Å². The zero-order chi connectivity index (χ0) is 23.5. The van der Waals surface area contributed by atoms with Crippen LogP contribution in [0.1, 0.15) is 57.4 Å². The maximum Gasteiger partial charge on any atom is 0.243 e. The molecule has 0 aliphatic heterocycles. The molecule has 1 fully saturated rings. The molecule has 1 aromatic carbocycles. The first-order chi connectivity index (χ1) is 15.3. The third kappa shape index (κ3) is 8.56. The van der Waals surface area contributed by atoms with Gasteiger partial charge in [0.25, 0.3) is 0 Å². The highest BCUT2D eigenvalue weighted by Crippen LogP contribution is 2.28. The van der Waals surface area contributed by atoms with Gasteiger partial charge in [0.05, 0.1) is 6.21 Å². The topological polar surface area (TPSA) is 128 Å². The smallest absolute Gasteiger partial charge is 0.243 e. The van der Waals surface area contributed by atoms with Crippen molar-refractivity contribution in [3.8, 4) is 0 Å². The van der Waals surface area contributed by atoms with Gasteiger partial charge in [-0.15, -0.1) is 0 Å². The van der Waals surface area contributed by atoms with E-state index in [1.54, 1.807) is 0 Å². The third-order valence-corrected chi connectivity index (χ3v) is 5.59. The number of carbonyl (C=O) groups excluding carboxylic acids is 4. The van der Waals surface area contributed by atoms with Crippen LogP contribution < -0.4 is 16.0 Å². The summed E-state index contributed by atoms with van der Waals surface area (Å²) in [5, 5.41) is 15.1. The van der Waals surface area contributed by atoms with Crippen molar-refractivity contribution in [1.29, 1.82) is 5.41 Å². The van der Waals surface area contributed by atoms with Crippen molar-refractivity contribution in [2.45, 2.75) is 70.5 Å². The Labute approximate surface area is 187 Å². The summed E-state index contributed by atoms with van der Waals surface area (Å²) in [6, 6.07) is 3.87. The Morgan fingerprint density at radius 2 is 1.72 bits per heavy atom. The van der Waals surface area contributed by atoms with Crippen molar-refractivity contribution in [1.82, 2.24) is 16.0 Å². The lowest BCUT2D eigenvalue weighted by atomic mass is 9.97. The van der Waals surface area contributed by atoms with E-state index in [1.165, 1.54) is 31.2 Å². The van der Waals surface area contributed by atoms with E-state index in [0.717, 1.165) is 25.7 Å². The molecular weight excluding hydrogens is 415 g/mol. The second kappa shape index (κ2) is 12.7. The molecule has 0 spiro atoms. The predicted molar refractivity (Wildman–Crippen MR) is 117 cm³/mol. The van der Waals surface area contributed by atoms with Crippen LogP contribution in [0.3, 0.4) is 0 Å². The number of nitrogens with one attached hydrogen (secondary N) is 4. The molecule has 0 radical (unpaired) electrons. The fourth-order valence-electron chi connectivity index (χ4n) is 3.87. The van der Waals surface area contributed by atoms with Gasteiger partial charge in [-0.2, -0.15) is 0 Å². The number of benzene rings is 1. The van der Waals surface area contributed by atoms with Crippen molar-refractivity contribution in [2.75, 3.05) is 0 Å². The first-order valence-electron chi connectivity index (χ1n) is 10.9. The van der Waals surface area contributed by atoms with E-state index in [4.69, 9.17) is 5.41 Å². The number of hydrogen-bond acceptors (Lipinski definition) is 5. The van der Waals surface area contributed by atoms with Crippen LogP contribution in [0.25, 0.3) is 0 Å². The minimum absolute atomic E-state index is 0.0193. The number of Topliss-reactive ketones (excluding diaryl/α,β-unsaturated/α-hetero) is 1. The molecule has 0 bridgehead atoms. The number of amides is 3. The molecule has 1 aliphatic carbocycles. The molecule has 8 nitrogen and oxygen atoms in total. The molecule has 1 aliphatic rings. The van der Waals surface area contributed by atoms with Crippen molar-refractivity contribution in [2.24, 2.45) is 5.92 Å². The summed E-state index contributed by atoms with van der Waals surface area (Å²) in [5.41, 5.74) is 0.678. The summed E-state index contributed by atoms with van der Waals surface area (Å²) in [5.74, 6) is -1.82. The average molecular weight is 447 g/mol. The zero-order valence-electron chi connectivity index (χ0n) is 18.3. The molecule has 4 N–H and O–H groups in total. The number of halogens is 1. The predicted octanol–water partition coefficient (Wildman–Crippen LogP) is 2.01. The highest BCUT2D eigenvalue weighted by Gasteiger charge is 2.29. The van der Waals surface area contributed by atoms with Crippen molar-refractivity contribution >= 4 is 29.7 Å². The van der Waals surface area contributed by atoms with Crippen LogP contribution in [0.15, 0.2) is 24.3 Å². The van der Waals surface area contributed by atoms with Crippen LogP contribution in [0.2, 0.25) is 0 Å². The fraction of sp³-hybridized carbons (Fsp3) is 0.522. The lowest BCUT2D eigenvalue weighted by molar-refractivity contribution is -0.132. The van der Waals surface area contributed by atoms with Crippen LogP contribution in [-0.2, 0) is 25.7 Å². The Bertz CT molecular complexity index is 822. The molecule has 0 aromatic heterocycles. The first-order valence-corrected chi connectivity index (χ1v) is 10.9. The molecule has 0 saturated heterocycles. The van der Waals surface area contributed by atoms with E-state index < -0.39 is 29.7 Å². The highest BCUT2D eigenvalue weighted by molar-refractivity contribution is 6.26. The molecule has 2 atom stereocenters. The Kier molecular flexibility index (Phi) is 9.97. The standard InChI is InChI=1S/C23H31FN4O4/c1-15(29)27-21(12-16-4-2-3-5-16)23(32)28-20(11-10-19(30)13-25)22(31)26-14-17-6-8-18(24)9-7-17/h6-9,13,16,20-21,25H,2-5,10-12,14H2,1H3,(H,26,31)(H,27,29)(H,28,32)/t20-,21-/m0/s1. The lowest BCUT2D eigenvalue weighted by Gasteiger charge is -2.24. The second-order valence-corrected chi connectivity index (χ2v) is 8.19. The summed E-state index contributed by atoms with van der Waals surface area (Å²) < 4.78 is 13.1. The van der Waals surface area contributed by atoms with Gasteiger partial charge in [-0.1, -0.05) is 37.8 Å². The average Bonchev–Trinajstić information content (AvgIpc) is 3.28.